The van der Waals surface area contributed by atoms with Crippen LogP contribution in [0.1, 0.15) is 21.7 Å². The fraction of sp³-hybridized carbons (Fsp3) is 0.176. The molecule has 0 aliphatic heterocycles. The maximum atomic E-state index is 11.6. The monoisotopic (exact) mass is 296 g/mol. The average molecular weight is 296 g/mol. The standard InChI is InChI=1S/C17H16N2O3/c1-11-6-7-15(22-2)13-9-14(17(20)21)19(16(11)13)10-12-5-3-4-8-18-12/h3-9H,10H2,1-2H3,(H,20,21). The van der Waals surface area contributed by atoms with Gasteiger partial charge in [0.1, 0.15) is 11.4 Å². The quantitative estimate of drug-likeness (QED) is 0.803. The number of hydrogen-bond acceptors (Lipinski definition) is 3. The summed E-state index contributed by atoms with van der Waals surface area (Å²) in [4.78, 5) is 15.9. The van der Waals surface area contributed by atoms with Gasteiger partial charge in [-0.3, -0.25) is 4.98 Å². The van der Waals surface area contributed by atoms with Crippen LogP contribution in [-0.2, 0) is 6.54 Å². The molecule has 0 atom stereocenters. The third-order valence-corrected chi connectivity index (χ3v) is 3.71. The van der Waals surface area contributed by atoms with Crippen molar-refractivity contribution in [2.45, 2.75) is 13.5 Å². The summed E-state index contributed by atoms with van der Waals surface area (Å²) in [5, 5.41) is 10.3. The maximum Gasteiger partial charge on any atom is 0.352 e. The maximum absolute atomic E-state index is 11.6. The molecule has 22 heavy (non-hydrogen) atoms. The van der Waals surface area contributed by atoms with Gasteiger partial charge in [-0.25, -0.2) is 4.79 Å². The van der Waals surface area contributed by atoms with Gasteiger partial charge >= 0.3 is 5.97 Å². The lowest BCUT2D eigenvalue weighted by atomic mass is 10.1. The summed E-state index contributed by atoms with van der Waals surface area (Å²) in [6.45, 7) is 2.36. The zero-order valence-electron chi connectivity index (χ0n) is 12.4. The van der Waals surface area contributed by atoms with E-state index >= 15 is 0 Å². The normalized spacial score (nSPS) is 10.8. The smallest absolute Gasteiger partial charge is 0.352 e. The van der Waals surface area contributed by atoms with Crippen LogP contribution in [0.4, 0.5) is 0 Å². The lowest BCUT2D eigenvalue weighted by Gasteiger charge is -2.10. The molecule has 0 aliphatic rings. The first-order chi connectivity index (χ1) is 10.6. The molecule has 3 rings (SSSR count). The summed E-state index contributed by atoms with van der Waals surface area (Å²) in [6.07, 6.45) is 1.70. The molecule has 0 spiro atoms. The highest BCUT2D eigenvalue weighted by atomic mass is 16.5. The van der Waals surface area contributed by atoms with Gasteiger partial charge in [0.2, 0.25) is 0 Å². The van der Waals surface area contributed by atoms with Crippen LogP contribution in [0.15, 0.2) is 42.6 Å². The largest absolute Gasteiger partial charge is 0.496 e. The molecule has 0 amide bonds. The third kappa shape index (κ3) is 2.30. The summed E-state index contributed by atoms with van der Waals surface area (Å²) in [5.74, 6) is -0.295. The van der Waals surface area contributed by atoms with Crippen molar-refractivity contribution in [3.63, 3.8) is 0 Å². The second-order valence-electron chi connectivity index (χ2n) is 5.09. The van der Waals surface area contributed by atoms with E-state index in [9.17, 15) is 9.90 Å². The predicted octanol–water partition coefficient (Wildman–Crippen LogP) is 3.10. The number of fused-ring (bicyclic) bond motifs is 1. The number of methoxy groups -OCH3 is 1. The predicted molar refractivity (Wildman–Crippen MR) is 83.5 cm³/mol. The molecule has 0 bridgehead atoms. The number of carbonyl (C=O) groups is 1. The highest BCUT2D eigenvalue weighted by molar-refractivity contribution is 5.98. The lowest BCUT2D eigenvalue weighted by Crippen LogP contribution is -2.10. The first kappa shape index (κ1) is 14.1. The van der Waals surface area contributed by atoms with E-state index in [1.807, 2.05) is 37.3 Å². The molecule has 3 aromatic rings. The minimum absolute atomic E-state index is 0.230. The number of aromatic carboxylic acids is 1. The van der Waals surface area contributed by atoms with Crippen LogP contribution >= 0.6 is 0 Å². The van der Waals surface area contributed by atoms with Crippen molar-refractivity contribution in [3.05, 3.63) is 59.5 Å². The van der Waals surface area contributed by atoms with Crippen molar-refractivity contribution >= 4 is 16.9 Å². The van der Waals surface area contributed by atoms with Crippen molar-refractivity contribution in [2.24, 2.45) is 0 Å². The van der Waals surface area contributed by atoms with Gasteiger partial charge in [0.25, 0.3) is 0 Å². The van der Waals surface area contributed by atoms with Crippen LogP contribution in [0.2, 0.25) is 0 Å². The summed E-state index contributed by atoms with van der Waals surface area (Å²) >= 11 is 0. The van der Waals surface area contributed by atoms with E-state index in [-0.39, 0.29) is 5.69 Å². The molecule has 1 N–H and O–H groups in total. The summed E-state index contributed by atoms with van der Waals surface area (Å²) in [7, 11) is 1.58. The molecule has 2 heterocycles. The van der Waals surface area contributed by atoms with E-state index in [0.717, 1.165) is 22.2 Å². The Bertz CT molecular complexity index is 838. The van der Waals surface area contributed by atoms with E-state index in [1.54, 1.807) is 23.9 Å². The van der Waals surface area contributed by atoms with Gasteiger partial charge in [-0.05, 0) is 36.8 Å². The molecule has 0 fully saturated rings. The Kier molecular flexibility index (Phi) is 3.55. The number of nitrogens with zero attached hydrogens (tertiary/aromatic N) is 2. The van der Waals surface area contributed by atoms with Gasteiger partial charge in [0.05, 0.1) is 24.9 Å². The van der Waals surface area contributed by atoms with Crippen molar-refractivity contribution in [2.75, 3.05) is 7.11 Å². The minimum atomic E-state index is -0.964. The highest BCUT2D eigenvalue weighted by Gasteiger charge is 2.19. The Hall–Kier alpha value is -2.82. The SMILES string of the molecule is COc1ccc(C)c2c1cc(C(=O)O)n2Cc1ccccn1. The van der Waals surface area contributed by atoms with Crippen molar-refractivity contribution in [1.82, 2.24) is 9.55 Å². The number of carboxylic acids is 1. The topological polar surface area (TPSA) is 64.3 Å². The molecule has 0 aliphatic carbocycles. The molecule has 1 aromatic carbocycles. The molecule has 0 radical (unpaired) electrons. The van der Waals surface area contributed by atoms with Crippen molar-refractivity contribution < 1.29 is 14.6 Å². The molecule has 2 aromatic heterocycles. The first-order valence-corrected chi connectivity index (χ1v) is 6.92. The van der Waals surface area contributed by atoms with Gasteiger partial charge in [-0.15, -0.1) is 0 Å². The zero-order valence-corrected chi connectivity index (χ0v) is 12.4. The third-order valence-electron chi connectivity index (χ3n) is 3.71. The number of aromatic nitrogens is 2. The summed E-state index contributed by atoms with van der Waals surface area (Å²) < 4.78 is 7.13. The molecule has 0 saturated carbocycles. The van der Waals surface area contributed by atoms with Crippen LogP contribution in [0.25, 0.3) is 10.9 Å². The van der Waals surface area contributed by atoms with E-state index in [1.165, 1.54) is 0 Å². The number of ether oxygens (including phenoxy) is 1. The Morgan fingerprint density at radius 1 is 1.32 bits per heavy atom. The number of benzene rings is 1. The number of pyridine rings is 1. The van der Waals surface area contributed by atoms with E-state index in [0.29, 0.717) is 12.3 Å². The Balaban J connectivity index is 2.26. The minimum Gasteiger partial charge on any atom is -0.496 e. The van der Waals surface area contributed by atoms with Crippen LogP contribution in [0, 0.1) is 6.92 Å². The Morgan fingerprint density at radius 2 is 2.14 bits per heavy atom. The van der Waals surface area contributed by atoms with Crippen LogP contribution in [-0.4, -0.2) is 27.7 Å². The Labute approximate surface area is 127 Å². The van der Waals surface area contributed by atoms with Crippen LogP contribution in [0.5, 0.6) is 5.75 Å². The fourth-order valence-electron chi connectivity index (χ4n) is 2.70. The molecule has 112 valence electrons. The van der Waals surface area contributed by atoms with Crippen LogP contribution in [0.3, 0.4) is 0 Å². The summed E-state index contributed by atoms with van der Waals surface area (Å²) in [6, 6.07) is 11.1. The highest BCUT2D eigenvalue weighted by Crippen LogP contribution is 2.32. The number of carboxylic acid groups (broad SMARTS) is 1. The number of aryl methyl sites for hydroxylation is 1. The number of hydrogen-bond donors (Lipinski definition) is 1. The molecule has 5 heteroatoms. The van der Waals surface area contributed by atoms with Gasteiger partial charge in [0, 0.05) is 11.6 Å². The molecular formula is C17H16N2O3. The second-order valence-corrected chi connectivity index (χ2v) is 5.09. The zero-order chi connectivity index (χ0) is 15.7. The van der Waals surface area contributed by atoms with Crippen molar-refractivity contribution in [1.29, 1.82) is 0 Å². The van der Waals surface area contributed by atoms with Gasteiger partial charge in [-0.2, -0.15) is 0 Å². The summed E-state index contributed by atoms with van der Waals surface area (Å²) in [5.41, 5.74) is 2.90. The lowest BCUT2D eigenvalue weighted by molar-refractivity contribution is 0.0686. The van der Waals surface area contributed by atoms with E-state index in [2.05, 4.69) is 4.98 Å². The van der Waals surface area contributed by atoms with Crippen molar-refractivity contribution in [3.8, 4) is 5.75 Å². The average Bonchev–Trinajstić information content (AvgIpc) is 2.89. The van der Waals surface area contributed by atoms with Crippen LogP contribution < -0.4 is 4.74 Å². The number of rotatable bonds is 4. The Morgan fingerprint density at radius 3 is 2.77 bits per heavy atom. The van der Waals surface area contributed by atoms with Gasteiger partial charge < -0.3 is 14.4 Å². The molecule has 0 saturated heterocycles. The van der Waals surface area contributed by atoms with E-state index < -0.39 is 5.97 Å². The molecule has 0 unspecified atom stereocenters. The molecule has 5 nitrogen and oxygen atoms in total. The van der Waals surface area contributed by atoms with Gasteiger partial charge in [0.15, 0.2) is 0 Å². The second kappa shape index (κ2) is 5.52. The molecular weight excluding hydrogens is 280 g/mol. The van der Waals surface area contributed by atoms with E-state index in [4.69, 9.17) is 4.74 Å². The van der Waals surface area contributed by atoms with Gasteiger partial charge in [-0.1, -0.05) is 12.1 Å². The first-order valence-electron chi connectivity index (χ1n) is 6.92. The fourth-order valence-corrected chi connectivity index (χ4v) is 2.70.